The van der Waals surface area contributed by atoms with E-state index in [2.05, 4.69) is 4.98 Å². The maximum absolute atomic E-state index is 12.2. The quantitative estimate of drug-likeness (QED) is 0.871. The van der Waals surface area contributed by atoms with Gasteiger partial charge in [-0.1, -0.05) is 11.6 Å². The summed E-state index contributed by atoms with van der Waals surface area (Å²) in [6.07, 6.45) is 2.57. The number of rotatable bonds is 4. The fraction of sp³-hybridized carbons (Fsp3) is 0.312. The van der Waals surface area contributed by atoms with Crippen LogP contribution in [0.15, 0.2) is 34.6 Å². The molecule has 0 aliphatic rings. The van der Waals surface area contributed by atoms with Crippen LogP contribution in [0.25, 0.3) is 10.9 Å². The van der Waals surface area contributed by atoms with E-state index in [4.69, 9.17) is 9.47 Å². The summed E-state index contributed by atoms with van der Waals surface area (Å²) >= 11 is 0. The standard InChI is InChI=1S/C16H19NO3/c1-10(2)5-7-13-15(20-4)12-8-6-11(19-3)9-14(12)17-16(13)18/h5-6,8-9H,7H2,1-4H3,(H,17,18). The summed E-state index contributed by atoms with van der Waals surface area (Å²) < 4.78 is 10.6. The summed E-state index contributed by atoms with van der Waals surface area (Å²) in [6.45, 7) is 4.01. The van der Waals surface area contributed by atoms with E-state index in [1.54, 1.807) is 20.3 Å². The number of aromatic nitrogens is 1. The highest BCUT2D eigenvalue weighted by Gasteiger charge is 2.12. The van der Waals surface area contributed by atoms with Crippen molar-refractivity contribution in [1.82, 2.24) is 4.98 Å². The Balaban J connectivity index is 2.67. The Labute approximate surface area is 118 Å². The summed E-state index contributed by atoms with van der Waals surface area (Å²) in [6, 6.07) is 5.55. The van der Waals surface area contributed by atoms with Crippen LogP contribution in [0, 0.1) is 0 Å². The van der Waals surface area contributed by atoms with Crippen molar-refractivity contribution in [3.63, 3.8) is 0 Å². The molecule has 4 nitrogen and oxygen atoms in total. The Morgan fingerprint density at radius 1 is 1.25 bits per heavy atom. The van der Waals surface area contributed by atoms with Crippen molar-refractivity contribution in [2.75, 3.05) is 14.2 Å². The minimum Gasteiger partial charge on any atom is -0.497 e. The van der Waals surface area contributed by atoms with Gasteiger partial charge in [-0.3, -0.25) is 4.79 Å². The Hall–Kier alpha value is -2.23. The Kier molecular flexibility index (Phi) is 4.13. The molecule has 0 aliphatic carbocycles. The van der Waals surface area contributed by atoms with Crippen LogP contribution in [0.2, 0.25) is 0 Å². The van der Waals surface area contributed by atoms with Gasteiger partial charge in [-0.05, 0) is 32.4 Å². The summed E-state index contributed by atoms with van der Waals surface area (Å²) in [7, 11) is 3.18. The van der Waals surface area contributed by atoms with Crippen molar-refractivity contribution in [3.8, 4) is 11.5 Å². The van der Waals surface area contributed by atoms with E-state index >= 15 is 0 Å². The topological polar surface area (TPSA) is 51.3 Å². The molecule has 0 spiro atoms. The second kappa shape index (κ2) is 5.82. The summed E-state index contributed by atoms with van der Waals surface area (Å²) in [5, 5.41) is 0.880. The van der Waals surface area contributed by atoms with Gasteiger partial charge >= 0.3 is 0 Å². The molecule has 106 valence electrons. The van der Waals surface area contributed by atoms with Gasteiger partial charge in [0.05, 0.1) is 25.3 Å². The largest absolute Gasteiger partial charge is 0.497 e. The van der Waals surface area contributed by atoms with Gasteiger partial charge < -0.3 is 14.5 Å². The van der Waals surface area contributed by atoms with Gasteiger partial charge in [0.25, 0.3) is 5.56 Å². The predicted molar refractivity (Wildman–Crippen MR) is 80.8 cm³/mol. The van der Waals surface area contributed by atoms with Crippen LogP contribution in [0.3, 0.4) is 0 Å². The van der Waals surface area contributed by atoms with Crippen molar-refractivity contribution in [2.45, 2.75) is 20.3 Å². The Morgan fingerprint density at radius 2 is 2.00 bits per heavy atom. The highest BCUT2D eigenvalue weighted by Crippen LogP contribution is 2.29. The van der Waals surface area contributed by atoms with Crippen LogP contribution >= 0.6 is 0 Å². The van der Waals surface area contributed by atoms with E-state index in [-0.39, 0.29) is 5.56 Å². The monoisotopic (exact) mass is 273 g/mol. The fourth-order valence-electron chi connectivity index (χ4n) is 2.14. The smallest absolute Gasteiger partial charge is 0.255 e. The predicted octanol–water partition coefficient (Wildman–Crippen LogP) is 3.05. The number of aromatic amines is 1. The lowest BCUT2D eigenvalue weighted by Gasteiger charge is -2.11. The fourth-order valence-corrected chi connectivity index (χ4v) is 2.14. The van der Waals surface area contributed by atoms with Crippen LogP contribution in [-0.2, 0) is 6.42 Å². The number of pyridine rings is 1. The average Bonchev–Trinajstić information content (AvgIpc) is 2.43. The van der Waals surface area contributed by atoms with E-state index in [9.17, 15) is 4.79 Å². The minimum atomic E-state index is -0.125. The average molecular weight is 273 g/mol. The molecule has 0 atom stereocenters. The lowest BCUT2D eigenvalue weighted by atomic mass is 10.1. The molecular formula is C16H19NO3. The normalized spacial score (nSPS) is 10.4. The Bertz CT molecular complexity index is 709. The highest BCUT2D eigenvalue weighted by molar-refractivity contribution is 5.87. The second-order valence-electron chi connectivity index (χ2n) is 4.86. The van der Waals surface area contributed by atoms with Gasteiger partial charge in [-0.15, -0.1) is 0 Å². The molecule has 1 aromatic carbocycles. The number of H-pyrrole nitrogens is 1. The first-order valence-corrected chi connectivity index (χ1v) is 6.47. The molecule has 0 saturated carbocycles. The molecule has 4 heteroatoms. The third kappa shape index (κ3) is 2.69. The van der Waals surface area contributed by atoms with Crippen molar-refractivity contribution >= 4 is 10.9 Å². The molecule has 0 bridgehead atoms. The van der Waals surface area contributed by atoms with Crippen molar-refractivity contribution in [3.05, 3.63) is 45.8 Å². The zero-order valence-electron chi connectivity index (χ0n) is 12.2. The molecule has 2 rings (SSSR count). The van der Waals surface area contributed by atoms with Crippen molar-refractivity contribution in [2.24, 2.45) is 0 Å². The number of nitrogens with one attached hydrogen (secondary N) is 1. The van der Waals surface area contributed by atoms with Crippen LogP contribution in [-0.4, -0.2) is 19.2 Å². The number of fused-ring (bicyclic) bond motifs is 1. The third-order valence-corrected chi connectivity index (χ3v) is 3.19. The van der Waals surface area contributed by atoms with Crippen molar-refractivity contribution in [1.29, 1.82) is 0 Å². The van der Waals surface area contributed by atoms with Gasteiger partial charge in [0.15, 0.2) is 0 Å². The number of methoxy groups -OCH3 is 2. The lowest BCUT2D eigenvalue weighted by molar-refractivity contribution is 0.412. The maximum atomic E-state index is 12.2. The van der Waals surface area contributed by atoms with Gasteiger partial charge in [-0.2, -0.15) is 0 Å². The summed E-state index contributed by atoms with van der Waals surface area (Å²) in [4.78, 5) is 15.1. The van der Waals surface area contributed by atoms with Crippen LogP contribution in [0.1, 0.15) is 19.4 Å². The molecule has 1 N–H and O–H groups in total. The van der Waals surface area contributed by atoms with Crippen molar-refractivity contribution < 1.29 is 9.47 Å². The zero-order chi connectivity index (χ0) is 14.7. The molecule has 0 unspecified atom stereocenters. The molecule has 2 aromatic rings. The van der Waals surface area contributed by atoms with Gasteiger partial charge in [0.2, 0.25) is 0 Å². The van der Waals surface area contributed by atoms with E-state index in [1.165, 1.54) is 5.57 Å². The number of hydrogen-bond donors (Lipinski definition) is 1. The maximum Gasteiger partial charge on any atom is 0.255 e. The summed E-state index contributed by atoms with van der Waals surface area (Å²) in [5.74, 6) is 1.33. The SMILES string of the molecule is COc1ccc2c(OC)c(CC=C(C)C)c(=O)[nH]c2c1. The summed E-state index contributed by atoms with van der Waals surface area (Å²) in [5.41, 5.74) is 2.40. The molecule has 1 aromatic heterocycles. The number of benzene rings is 1. The third-order valence-electron chi connectivity index (χ3n) is 3.19. The molecule has 0 radical (unpaired) electrons. The van der Waals surface area contributed by atoms with Gasteiger partial charge in [-0.25, -0.2) is 0 Å². The molecule has 0 amide bonds. The van der Waals surface area contributed by atoms with Crippen LogP contribution in [0.4, 0.5) is 0 Å². The van der Waals surface area contributed by atoms with Gasteiger partial charge in [0, 0.05) is 11.5 Å². The molecule has 1 heterocycles. The number of hydrogen-bond acceptors (Lipinski definition) is 3. The highest BCUT2D eigenvalue weighted by atomic mass is 16.5. The molecule has 0 fully saturated rings. The first-order chi connectivity index (χ1) is 9.56. The minimum absolute atomic E-state index is 0.125. The zero-order valence-corrected chi connectivity index (χ0v) is 12.2. The van der Waals surface area contributed by atoms with E-state index < -0.39 is 0 Å². The van der Waals surface area contributed by atoms with E-state index in [0.717, 1.165) is 5.39 Å². The van der Waals surface area contributed by atoms with Crippen LogP contribution in [0.5, 0.6) is 11.5 Å². The van der Waals surface area contributed by atoms with E-state index in [0.29, 0.717) is 29.0 Å². The first kappa shape index (κ1) is 14.2. The van der Waals surface area contributed by atoms with E-state index in [1.807, 2.05) is 32.1 Å². The lowest BCUT2D eigenvalue weighted by Crippen LogP contribution is -2.14. The first-order valence-electron chi connectivity index (χ1n) is 6.47. The number of ether oxygens (including phenoxy) is 2. The molecular weight excluding hydrogens is 254 g/mol. The van der Waals surface area contributed by atoms with Gasteiger partial charge in [0.1, 0.15) is 11.5 Å². The Morgan fingerprint density at radius 3 is 2.60 bits per heavy atom. The molecule has 0 aliphatic heterocycles. The molecule has 0 saturated heterocycles. The number of allylic oxidation sites excluding steroid dienone is 2. The second-order valence-corrected chi connectivity index (χ2v) is 4.86. The van der Waals surface area contributed by atoms with Crippen LogP contribution < -0.4 is 15.0 Å². The molecule has 20 heavy (non-hydrogen) atoms.